The molecule has 3 aromatic rings. The first-order valence-corrected chi connectivity index (χ1v) is 13.2. The Balaban J connectivity index is 1.75. The smallest absolute Gasteiger partial charge is 0.231 e. The van der Waals surface area contributed by atoms with Gasteiger partial charge in [-0.05, 0) is 63.3 Å². The fraction of sp³-hybridized carbons (Fsp3) is 0.433. The van der Waals surface area contributed by atoms with Crippen molar-refractivity contribution in [2.24, 2.45) is 5.73 Å². The number of nitrogens with zero attached hydrogens (tertiary/aromatic N) is 4. The Hall–Kier alpha value is -3.52. The average Bonchev–Trinajstić information content (AvgIpc) is 2.85. The maximum absolute atomic E-state index is 15.2. The number of hydrogen-bond donors (Lipinski definition) is 1. The van der Waals surface area contributed by atoms with E-state index in [2.05, 4.69) is 42.7 Å². The molecule has 1 aromatic heterocycles. The third-order valence-corrected chi connectivity index (χ3v) is 7.44. The third-order valence-electron chi connectivity index (χ3n) is 7.44. The van der Waals surface area contributed by atoms with Crippen molar-refractivity contribution in [2.45, 2.75) is 60.6 Å². The third kappa shape index (κ3) is 5.65. The van der Waals surface area contributed by atoms with Gasteiger partial charge in [0.25, 0.3) is 0 Å². The molecule has 7 nitrogen and oxygen atoms in total. The van der Waals surface area contributed by atoms with E-state index >= 15 is 4.39 Å². The second kappa shape index (κ2) is 11.5. The van der Waals surface area contributed by atoms with Crippen molar-refractivity contribution in [3.05, 3.63) is 69.7 Å². The number of ether oxygens (including phenoxy) is 1. The predicted molar refractivity (Wildman–Crippen MR) is 149 cm³/mol. The van der Waals surface area contributed by atoms with Gasteiger partial charge < -0.3 is 15.4 Å². The molecule has 1 aliphatic heterocycles. The molecular weight excluding hydrogens is 481 g/mol. The Kier molecular flexibility index (Phi) is 8.31. The van der Waals surface area contributed by atoms with Crippen molar-refractivity contribution in [2.75, 3.05) is 31.1 Å². The van der Waals surface area contributed by atoms with Crippen molar-refractivity contribution in [1.82, 2.24) is 14.9 Å². The van der Waals surface area contributed by atoms with Crippen molar-refractivity contribution in [3.63, 3.8) is 0 Å². The molecule has 38 heavy (non-hydrogen) atoms. The minimum atomic E-state index is -0.332. The standard InChI is InChI=1S/C30H38FN5O2/c1-7-23-12-11-20(4)28(27(23)31)38-17-24-22(6)33-29(26-18(2)9-8-10-19(26)3)34-30(24)36-14-13-35(16-25(32)37)21(5)15-36/h8-12,21H,7,13-17H2,1-6H3,(H2,32,37)/t21-/m1/s1. The van der Waals surface area contributed by atoms with Gasteiger partial charge in [0, 0.05) is 31.2 Å². The predicted octanol–water partition coefficient (Wildman–Crippen LogP) is 4.65. The van der Waals surface area contributed by atoms with E-state index in [4.69, 9.17) is 20.4 Å². The van der Waals surface area contributed by atoms with Crippen LogP contribution in [0.15, 0.2) is 30.3 Å². The average molecular weight is 520 g/mol. The van der Waals surface area contributed by atoms with Crippen molar-refractivity contribution in [3.8, 4) is 17.1 Å². The van der Waals surface area contributed by atoms with Gasteiger partial charge in [0.2, 0.25) is 5.91 Å². The van der Waals surface area contributed by atoms with E-state index in [-0.39, 0.29) is 36.7 Å². The molecule has 1 fully saturated rings. The summed E-state index contributed by atoms with van der Waals surface area (Å²) in [7, 11) is 0. The lowest BCUT2D eigenvalue weighted by Crippen LogP contribution is -2.54. The van der Waals surface area contributed by atoms with E-state index in [9.17, 15) is 4.79 Å². The number of amides is 1. The van der Waals surface area contributed by atoms with Crippen LogP contribution in [0.3, 0.4) is 0 Å². The van der Waals surface area contributed by atoms with Gasteiger partial charge >= 0.3 is 0 Å². The highest BCUT2D eigenvalue weighted by Crippen LogP contribution is 2.32. The zero-order valence-electron chi connectivity index (χ0n) is 23.3. The Labute approximate surface area is 224 Å². The van der Waals surface area contributed by atoms with Gasteiger partial charge in [-0.25, -0.2) is 14.4 Å². The lowest BCUT2D eigenvalue weighted by atomic mass is 10.0. The fourth-order valence-corrected chi connectivity index (χ4v) is 5.20. The van der Waals surface area contributed by atoms with Crippen LogP contribution < -0.4 is 15.4 Å². The summed E-state index contributed by atoms with van der Waals surface area (Å²) in [6.07, 6.45) is 0.591. The largest absolute Gasteiger partial charge is 0.485 e. The molecule has 0 bridgehead atoms. The van der Waals surface area contributed by atoms with E-state index in [1.165, 1.54) is 0 Å². The van der Waals surface area contributed by atoms with Gasteiger partial charge in [0.15, 0.2) is 17.4 Å². The van der Waals surface area contributed by atoms with Gasteiger partial charge in [0.1, 0.15) is 12.4 Å². The number of anilines is 1. The van der Waals surface area contributed by atoms with Gasteiger partial charge in [-0.2, -0.15) is 0 Å². The monoisotopic (exact) mass is 519 g/mol. The second-order valence-electron chi connectivity index (χ2n) is 10.3. The number of benzene rings is 2. The number of carbonyl (C=O) groups is 1. The van der Waals surface area contributed by atoms with Crippen LogP contribution in [0.4, 0.5) is 10.2 Å². The number of carbonyl (C=O) groups excluding carboxylic acids is 1. The summed E-state index contributed by atoms with van der Waals surface area (Å²) in [5.74, 6) is 1.08. The van der Waals surface area contributed by atoms with Crippen LogP contribution >= 0.6 is 0 Å². The van der Waals surface area contributed by atoms with Crippen LogP contribution in [0.5, 0.6) is 5.75 Å². The van der Waals surface area contributed by atoms with Crippen LogP contribution in [-0.2, 0) is 17.8 Å². The normalized spacial score (nSPS) is 16.1. The molecule has 1 saturated heterocycles. The number of halogens is 1. The summed E-state index contributed by atoms with van der Waals surface area (Å²) in [6.45, 7) is 14.4. The number of aryl methyl sites for hydroxylation is 5. The zero-order chi connectivity index (χ0) is 27.6. The maximum Gasteiger partial charge on any atom is 0.231 e. The summed E-state index contributed by atoms with van der Waals surface area (Å²) in [5.41, 5.74) is 11.7. The molecule has 1 aliphatic rings. The number of nitrogens with two attached hydrogens (primary N) is 1. The Morgan fingerprint density at radius 2 is 1.79 bits per heavy atom. The molecule has 0 unspecified atom stereocenters. The molecule has 1 amide bonds. The summed E-state index contributed by atoms with van der Waals surface area (Å²) in [4.78, 5) is 25.8. The molecule has 2 aromatic carbocycles. The number of hydrogen-bond acceptors (Lipinski definition) is 6. The first-order chi connectivity index (χ1) is 18.1. The van der Waals surface area contributed by atoms with Gasteiger partial charge in [-0.3, -0.25) is 9.69 Å². The van der Waals surface area contributed by atoms with Crippen molar-refractivity contribution < 1.29 is 13.9 Å². The molecule has 2 heterocycles. The maximum atomic E-state index is 15.2. The van der Waals surface area contributed by atoms with Crippen molar-refractivity contribution in [1.29, 1.82) is 0 Å². The first-order valence-electron chi connectivity index (χ1n) is 13.2. The second-order valence-corrected chi connectivity index (χ2v) is 10.3. The zero-order valence-corrected chi connectivity index (χ0v) is 23.3. The minimum Gasteiger partial charge on any atom is -0.485 e. The molecule has 0 spiro atoms. The van der Waals surface area contributed by atoms with Crippen LogP contribution in [0.25, 0.3) is 11.4 Å². The van der Waals surface area contributed by atoms with E-state index in [1.807, 2.05) is 39.0 Å². The highest BCUT2D eigenvalue weighted by molar-refractivity contribution is 5.76. The molecule has 0 radical (unpaired) electrons. The van der Waals surface area contributed by atoms with Gasteiger partial charge in [-0.1, -0.05) is 37.3 Å². The molecule has 202 valence electrons. The number of piperazine rings is 1. The van der Waals surface area contributed by atoms with E-state index in [0.29, 0.717) is 37.4 Å². The van der Waals surface area contributed by atoms with Crippen LogP contribution in [-0.4, -0.2) is 53.0 Å². The summed E-state index contributed by atoms with van der Waals surface area (Å²) in [6, 6.07) is 9.97. The Bertz CT molecular complexity index is 1320. The van der Waals surface area contributed by atoms with Crippen molar-refractivity contribution >= 4 is 11.7 Å². The molecule has 4 rings (SSSR count). The first kappa shape index (κ1) is 27.5. The highest BCUT2D eigenvalue weighted by atomic mass is 19.1. The summed E-state index contributed by atoms with van der Waals surface area (Å²) < 4.78 is 21.3. The molecular formula is C30H38FN5O2. The van der Waals surface area contributed by atoms with Gasteiger partial charge in [-0.15, -0.1) is 0 Å². The summed E-state index contributed by atoms with van der Waals surface area (Å²) in [5, 5.41) is 0. The number of primary amides is 1. The van der Waals surface area contributed by atoms with Crippen LogP contribution in [0, 0.1) is 33.5 Å². The lowest BCUT2D eigenvalue weighted by Gasteiger charge is -2.40. The molecule has 0 aliphatic carbocycles. The molecule has 2 N–H and O–H groups in total. The van der Waals surface area contributed by atoms with Gasteiger partial charge in [0.05, 0.1) is 17.8 Å². The Morgan fingerprint density at radius 3 is 2.42 bits per heavy atom. The molecule has 1 atom stereocenters. The number of rotatable bonds is 8. The quantitative estimate of drug-likeness (QED) is 0.466. The topological polar surface area (TPSA) is 84.6 Å². The minimum absolute atomic E-state index is 0.102. The summed E-state index contributed by atoms with van der Waals surface area (Å²) >= 11 is 0. The fourth-order valence-electron chi connectivity index (χ4n) is 5.20. The SMILES string of the molecule is CCc1ccc(C)c(OCc2c(C)nc(-c3c(C)cccc3C)nc2N2CCN(CC(N)=O)[C@H](C)C2)c1F. The van der Waals surface area contributed by atoms with Crippen LogP contribution in [0.1, 0.15) is 47.4 Å². The highest BCUT2D eigenvalue weighted by Gasteiger charge is 2.29. The van der Waals surface area contributed by atoms with Crippen LogP contribution in [0.2, 0.25) is 0 Å². The van der Waals surface area contributed by atoms with E-state index in [0.717, 1.165) is 39.3 Å². The molecule has 0 saturated carbocycles. The molecule has 8 heteroatoms. The number of aromatic nitrogens is 2. The Morgan fingerprint density at radius 1 is 1.08 bits per heavy atom. The van der Waals surface area contributed by atoms with E-state index in [1.54, 1.807) is 0 Å². The van der Waals surface area contributed by atoms with E-state index < -0.39 is 0 Å². The lowest BCUT2D eigenvalue weighted by molar-refractivity contribution is -0.119.